The van der Waals surface area contributed by atoms with Crippen LogP contribution in [-0.4, -0.2) is 45.7 Å². The second-order valence-corrected chi connectivity index (χ2v) is 28.6. The van der Waals surface area contributed by atoms with E-state index in [0.717, 1.165) is 71.7 Å². The monoisotopic (exact) mass is 1330 g/mol. The number of thioether (sulfide) groups is 1. The van der Waals surface area contributed by atoms with E-state index in [0.29, 0.717) is 16.9 Å². The molecule has 4 amide bonds. The minimum atomic E-state index is -1.36. The minimum Gasteiger partial charge on any atom is -0.298 e. The number of rotatable bonds is 10. The summed E-state index contributed by atoms with van der Waals surface area (Å²) in [7, 11) is 0. The van der Waals surface area contributed by atoms with Gasteiger partial charge in [-0.3, -0.25) is 33.6 Å². The van der Waals surface area contributed by atoms with Gasteiger partial charge in [-0.1, -0.05) is 273 Å². The summed E-state index contributed by atoms with van der Waals surface area (Å²) in [6, 6.07) is 101. The van der Waals surface area contributed by atoms with E-state index < -0.39 is 43.2 Å². The molecule has 0 spiro atoms. The van der Waals surface area contributed by atoms with Crippen molar-refractivity contribution in [1.29, 1.82) is 0 Å². The van der Waals surface area contributed by atoms with Crippen molar-refractivity contribution in [2.75, 3.05) is 9.80 Å². The second kappa shape index (κ2) is 25.3. The lowest BCUT2D eigenvalue weighted by Gasteiger charge is -2.55. The van der Waals surface area contributed by atoms with Crippen LogP contribution in [0.4, 0.5) is 11.4 Å². The normalized spacial score (nSPS) is 26.6. The van der Waals surface area contributed by atoms with E-state index >= 15 is 4.79 Å². The Labute approximate surface area is 588 Å². The number of carbonyl (C=O) groups is 7. The summed E-state index contributed by atoms with van der Waals surface area (Å²) in [6.07, 6.45) is 1.36. The van der Waals surface area contributed by atoms with E-state index in [1.54, 1.807) is 43.3 Å². The van der Waals surface area contributed by atoms with Gasteiger partial charge in [0.05, 0.1) is 49.8 Å². The lowest BCUT2D eigenvalue weighted by molar-refractivity contribution is -0.134. The zero-order valence-electron chi connectivity index (χ0n) is 56.8. The minimum absolute atomic E-state index is 0.0651. The van der Waals surface area contributed by atoms with E-state index in [2.05, 4.69) is 69.3 Å². The molecule has 0 radical (unpaired) electrons. The van der Waals surface area contributed by atoms with Gasteiger partial charge in [-0.2, -0.15) is 0 Å². The van der Waals surface area contributed by atoms with Crippen molar-refractivity contribution in [2.24, 2.45) is 33.0 Å². The fraction of sp³-hybridized carbons (Fsp3) is 0.167. The van der Waals surface area contributed by atoms with Crippen LogP contribution in [0.3, 0.4) is 0 Å². The van der Waals surface area contributed by atoms with Crippen LogP contribution in [0.15, 0.2) is 332 Å². The first-order valence-electron chi connectivity index (χ1n) is 33.8. The maximum atomic E-state index is 15.4. The fourth-order valence-electron chi connectivity index (χ4n) is 18.4. The van der Waals surface area contributed by atoms with Gasteiger partial charge in [0.15, 0.2) is 17.3 Å². The van der Waals surface area contributed by atoms with Crippen LogP contribution in [-0.2, 0) is 39.0 Å². The van der Waals surface area contributed by atoms with Crippen molar-refractivity contribution in [1.82, 2.24) is 0 Å². The van der Waals surface area contributed by atoms with Gasteiger partial charge in [0.25, 0.3) is 17.7 Å². The quantitative estimate of drug-likeness (QED) is 0.124. The molecule has 3 fully saturated rings. The molecule has 2 saturated carbocycles. The standard InChI is InChI=1S/C38H32O2.C35H27NO3S.C11H9NO2.C6H6/c1-25-30(26-17-9-5-10-18-26)38(29-23-15-8-16-24-29)36(3)32(28-21-13-7-14-22-28)31(27-19-11-6-12-20-27)35(2,34(36)40)37(38,4)33(25)39;1-33-27(23-15-7-3-8-16-23)28(24-17-9-4-10-18-24)34(2,31(33)38)35(40-26-21-13-6-14-22-26)29(33)30(37)36(32(35)39)25-19-11-5-12-20-25;1-8-7-10(13)12(11(8)14)9-5-3-2-4-6-9;1-2-4-6-5-3-1/h5-24H,1-4H3;3-22,29H,1-2H3;2-7H,1H3;1-6H. The van der Waals surface area contributed by atoms with E-state index in [-0.39, 0.29) is 41.0 Å². The number of benzene rings is 10. The Morgan fingerprint density at radius 1 is 0.350 bits per heavy atom. The van der Waals surface area contributed by atoms with Crippen LogP contribution in [0.25, 0.3) is 27.9 Å². The zero-order valence-corrected chi connectivity index (χ0v) is 57.6. The molecule has 10 aromatic carbocycles. The van der Waals surface area contributed by atoms with Crippen LogP contribution in [0.1, 0.15) is 81.8 Å². The number of para-hydroxylation sites is 2. The second-order valence-electron chi connectivity index (χ2n) is 27.3. The smallest absolute Gasteiger partial charge is 0.261 e. The van der Waals surface area contributed by atoms with E-state index in [4.69, 9.17) is 0 Å². The molecule has 7 aliphatic rings. The molecule has 8 atom stereocenters. The highest BCUT2D eigenvalue weighted by molar-refractivity contribution is 8.01. The molecule has 100 heavy (non-hydrogen) atoms. The number of allylic oxidation sites excluding steroid dienone is 6. The molecule has 9 nitrogen and oxygen atoms in total. The summed E-state index contributed by atoms with van der Waals surface area (Å²) in [5, 5.41) is 0. The third kappa shape index (κ3) is 9.18. The van der Waals surface area contributed by atoms with Crippen molar-refractivity contribution in [3.8, 4) is 0 Å². The lowest BCUT2D eigenvalue weighted by Crippen LogP contribution is -2.56. The molecule has 10 heteroatoms. The summed E-state index contributed by atoms with van der Waals surface area (Å²) < 4.78 is -1.36. The molecule has 4 bridgehead atoms. The van der Waals surface area contributed by atoms with Gasteiger partial charge in [-0.15, -0.1) is 11.8 Å². The predicted octanol–water partition coefficient (Wildman–Crippen LogP) is 18.3. The molecule has 2 aliphatic heterocycles. The molecule has 1 saturated heterocycles. The van der Waals surface area contributed by atoms with E-state index in [1.807, 2.05) is 245 Å². The molecule has 10 aromatic rings. The van der Waals surface area contributed by atoms with Crippen molar-refractivity contribution >= 4 is 92.0 Å². The molecule has 8 unspecified atom stereocenters. The van der Waals surface area contributed by atoms with Crippen molar-refractivity contribution in [2.45, 2.75) is 63.5 Å². The highest BCUT2D eigenvalue weighted by Crippen LogP contribution is 2.86. The van der Waals surface area contributed by atoms with Gasteiger partial charge in [-0.05, 0) is 152 Å². The molecule has 0 aromatic heterocycles. The molecule has 2 heterocycles. The largest absolute Gasteiger partial charge is 0.298 e. The van der Waals surface area contributed by atoms with Crippen LogP contribution in [0.5, 0.6) is 0 Å². The Kier molecular flexibility index (Phi) is 16.7. The number of hydrogen-bond donors (Lipinski definition) is 0. The summed E-state index contributed by atoms with van der Waals surface area (Å²) in [5.74, 6) is -1.91. The predicted molar refractivity (Wildman–Crippen MR) is 399 cm³/mol. The Morgan fingerprint density at radius 2 is 0.690 bits per heavy atom. The number of carbonyl (C=O) groups excluding carboxylic acids is 7. The summed E-state index contributed by atoms with van der Waals surface area (Å²) >= 11 is 1.37. The average Bonchev–Trinajstić information content (AvgIpc) is 1.44. The number of anilines is 2. The van der Waals surface area contributed by atoms with Crippen molar-refractivity contribution in [3.05, 3.63) is 360 Å². The van der Waals surface area contributed by atoms with Crippen molar-refractivity contribution < 1.29 is 33.6 Å². The van der Waals surface area contributed by atoms with Gasteiger partial charge >= 0.3 is 0 Å². The average molecular weight is 1330 g/mol. The Morgan fingerprint density at radius 3 is 1.10 bits per heavy atom. The lowest BCUT2D eigenvalue weighted by atomic mass is 9.43. The SMILES string of the molecule is CC12C(=O)C(C)(C(c3ccccc3)=C1c1ccccc1)C1(Sc3ccccc3)C(=O)N(c3ccccc3)C(=O)C21.CC1=C(c2ccccc2)C2(c3ccccc3)C3(C)C(=O)C(C)(C(c4ccccc4)=C3c3ccccc3)C2(C)C1=O.CC1=CC(=O)N(c2ccccc2)C1=O.c1ccccc1. The first kappa shape index (κ1) is 66.1. The number of hydrogen-bond acceptors (Lipinski definition) is 8. The number of imide groups is 2. The van der Waals surface area contributed by atoms with Crippen molar-refractivity contribution in [3.63, 3.8) is 0 Å². The van der Waals surface area contributed by atoms with Crippen LogP contribution in [0, 0.1) is 33.0 Å². The molecule has 5 aliphatic carbocycles. The third-order valence-corrected chi connectivity index (χ3v) is 24.1. The third-order valence-electron chi connectivity index (χ3n) is 22.5. The Balaban J connectivity index is 0.000000133. The van der Waals surface area contributed by atoms with Gasteiger partial charge in [0.1, 0.15) is 4.75 Å². The van der Waals surface area contributed by atoms with Gasteiger partial charge in [-0.25, -0.2) is 9.80 Å². The first-order chi connectivity index (χ1) is 48.3. The molecular weight excluding hydrogens is 1250 g/mol. The number of ketones is 3. The zero-order chi connectivity index (χ0) is 70.0. The summed E-state index contributed by atoms with van der Waals surface area (Å²) in [6.45, 7) is 13.7. The van der Waals surface area contributed by atoms with Gasteiger partial charge in [0, 0.05) is 16.5 Å². The van der Waals surface area contributed by atoms with Crippen LogP contribution < -0.4 is 9.80 Å². The summed E-state index contributed by atoms with van der Waals surface area (Å²) in [5.41, 5.74) is 6.42. The maximum Gasteiger partial charge on any atom is 0.261 e. The first-order valence-corrected chi connectivity index (χ1v) is 34.6. The van der Waals surface area contributed by atoms with Crippen LogP contribution in [0.2, 0.25) is 0 Å². The molecular formula is C90H74N2O7S. The number of nitrogens with zero attached hydrogens (tertiary/aromatic N) is 2. The maximum absolute atomic E-state index is 15.4. The van der Waals surface area contributed by atoms with E-state index in [9.17, 15) is 28.8 Å². The molecule has 492 valence electrons. The fourth-order valence-corrected chi connectivity index (χ4v) is 20.1. The summed E-state index contributed by atoms with van der Waals surface area (Å²) in [4.78, 5) is 101. The molecule has 17 rings (SSSR count). The number of fused-ring (bicyclic) bond motifs is 10. The van der Waals surface area contributed by atoms with Gasteiger partial charge in [0.2, 0.25) is 5.91 Å². The Bertz CT molecular complexity index is 5010. The van der Waals surface area contributed by atoms with Gasteiger partial charge < -0.3 is 0 Å². The Hall–Kier alpha value is -11.2. The number of amides is 4. The number of Topliss-reactive ketones (excluding diaryl/α,β-unsaturated/α-hetero) is 3. The van der Waals surface area contributed by atoms with Crippen LogP contribution >= 0.6 is 11.8 Å². The topological polar surface area (TPSA) is 126 Å². The molecule has 0 N–H and O–H groups in total. The highest BCUT2D eigenvalue weighted by atomic mass is 32.2. The highest BCUT2D eigenvalue weighted by Gasteiger charge is 2.89. The van der Waals surface area contributed by atoms with E-state index in [1.165, 1.54) is 27.6 Å².